The fraction of sp³-hybridized carbons (Fsp3) is 0.273. The Labute approximate surface area is 159 Å². The molecular weight excluding hydrogens is 338 g/mol. The smallest absolute Gasteiger partial charge is 0.276 e. The summed E-state index contributed by atoms with van der Waals surface area (Å²) in [7, 11) is 0. The number of rotatable bonds is 5. The molecule has 1 fully saturated rings. The highest BCUT2D eigenvalue weighted by Gasteiger charge is 2.24. The average molecular weight is 361 g/mol. The molecule has 0 unspecified atom stereocenters. The Balaban J connectivity index is 1.30. The zero-order valence-corrected chi connectivity index (χ0v) is 15.3. The Hall–Kier alpha value is -2.92. The number of amides is 1. The van der Waals surface area contributed by atoms with Crippen LogP contribution in [0, 0.1) is 0 Å². The van der Waals surface area contributed by atoms with E-state index in [9.17, 15) is 4.79 Å². The van der Waals surface area contributed by atoms with Crippen LogP contribution in [-0.4, -0.2) is 53.6 Å². The van der Waals surface area contributed by atoms with Crippen molar-refractivity contribution in [1.29, 1.82) is 0 Å². The lowest BCUT2D eigenvalue weighted by Crippen LogP contribution is -2.49. The van der Waals surface area contributed by atoms with E-state index in [4.69, 9.17) is 4.52 Å². The van der Waals surface area contributed by atoms with Gasteiger partial charge in [-0.2, -0.15) is 0 Å². The molecule has 1 aliphatic heterocycles. The largest absolute Gasteiger partial charge is 0.355 e. The van der Waals surface area contributed by atoms with Gasteiger partial charge in [0.05, 0.1) is 0 Å². The number of piperazine rings is 1. The first kappa shape index (κ1) is 17.5. The molecule has 5 heteroatoms. The van der Waals surface area contributed by atoms with Crippen LogP contribution >= 0.6 is 0 Å². The van der Waals surface area contributed by atoms with Gasteiger partial charge in [0, 0.05) is 44.4 Å². The zero-order valence-electron chi connectivity index (χ0n) is 15.3. The van der Waals surface area contributed by atoms with Crippen molar-refractivity contribution in [3.05, 3.63) is 78.0 Å². The van der Waals surface area contributed by atoms with Gasteiger partial charge in [-0.05, 0) is 12.0 Å². The predicted molar refractivity (Wildman–Crippen MR) is 104 cm³/mol. The van der Waals surface area contributed by atoms with Crippen LogP contribution in [-0.2, 0) is 6.42 Å². The molecule has 0 aliphatic carbocycles. The van der Waals surface area contributed by atoms with Crippen molar-refractivity contribution >= 4 is 5.91 Å². The number of aromatic nitrogens is 1. The summed E-state index contributed by atoms with van der Waals surface area (Å²) < 4.78 is 5.36. The molecule has 4 rings (SSSR count). The summed E-state index contributed by atoms with van der Waals surface area (Å²) in [6.45, 7) is 4.25. The van der Waals surface area contributed by atoms with E-state index in [1.807, 2.05) is 41.3 Å². The highest BCUT2D eigenvalue weighted by atomic mass is 16.5. The summed E-state index contributed by atoms with van der Waals surface area (Å²) >= 11 is 0. The minimum Gasteiger partial charge on any atom is -0.355 e. The molecule has 1 amide bonds. The third-order valence-corrected chi connectivity index (χ3v) is 5.01. The van der Waals surface area contributed by atoms with Gasteiger partial charge in [0.2, 0.25) is 0 Å². The SMILES string of the molecule is O=C(c1cc(-c2ccccc2)on1)N1CCN(CCc2ccccc2)CC1. The first-order chi connectivity index (χ1) is 13.3. The first-order valence-electron chi connectivity index (χ1n) is 9.37. The summed E-state index contributed by atoms with van der Waals surface area (Å²) in [6.07, 6.45) is 1.04. The summed E-state index contributed by atoms with van der Waals surface area (Å²) in [4.78, 5) is 17.0. The van der Waals surface area contributed by atoms with E-state index in [1.54, 1.807) is 6.07 Å². The Bertz CT molecular complexity index is 869. The van der Waals surface area contributed by atoms with Crippen LogP contribution in [0.3, 0.4) is 0 Å². The van der Waals surface area contributed by atoms with Crippen molar-refractivity contribution in [2.45, 2.75) is 6.42 Å². The monoisotopic (exact) mass is 361 g/mol. The zero-order chi connectivity index (χ0) is 18.5. The third-order valence-electron chi connectivity index (χ3n) is 5.01. The molecule has 1 saturated heterocycles. The van der Waals surface area contributed by atoms with Crippen molar-refractivity contribution in [2.24, 2.45) is 0 Å². The average Bonchev–Trinajstić information content (AvgIpc) is 3.24. The van der Waals surface area contributed by atoms with Gasteiger partial charge in [-0.1, -0.05) is 65.8 Å². The summed E-state index contributed by atoms with van der Waals surface area (Å²) in [5, 5.41) is 3.98. The summed E-state index contributed by atoms with van der Waals surface area (Å²) in [5.74, 6) is 0.573. The highest BCUT2D eigenvalue weighted by Crippen LogP contribution is 2.20. The maximum atomic E-state index is 12.7. The fourth-order valence-electron chi connectivity index (χ4n) is 3.38. The molecule has 2 aromatic carbocycles. The predicted octanol–water partition coefficient (Wildman–Crippen LogP) is 3.34. The van der Waals surface area contributed by atoms with Gasteiger partial charge < -0.3 is 9.42 Å². The van der Waals surface area contributed by atoms with E-state index < -0.39 is 0 Å². The molecule has 2 heterocycles. The molecule has 1 aromatic heterocycles. The fourth-order valence-corrected chi connectivity index (χ4v) is 3.38. The van der Waals surface area contributed by atoms with E-state index in [1.165, 1.54) is 5.56 Å². The number of hydrogen-bond donors (Lipinski definition) is 0. The lowest BCUT2D eigenvalue weighted by atomic mass is 10.1. The number of carbonyl (C=O) groups excluding carboxylic acids is 1. The number of carbonyl (C=O) groups is 1. The van der Waals surface area contributed by atoms with E-state index in [2.05, 4.69) is 34.3 Å². The van der Waals surface area contributed by atoms with E-state index in [-0.39, 0.29) is 5.91 Å². The van der Waals surface area contributed by atoms with Crippen molar-refractivity contribution < 1.29 is 9.32 Å². The Morgan fingerprint density at radius 1 is 0.926 bits per heavy atom. The molecule has 1 aliphatic rings. The third kappa shape index (κ3) is 4.26. The first-order valence-corrected chi connectivity index (χ1v) is 9.37. The van der Waals surface area contributed by atoms with Crippen molar-refractivity contribution in [2.75, 3.05) is 32.7 Å². The topological polar surface area (TPSA) is 49.6 Å². The second-order valence-corrected chi connectivity index (χ2v) is 6.81. The van der Waals surface area contributed by atoms with E-state index >= 15 is 0 Å². The van der Waals surface area contributed by atoms with Gasteiger partial charge in [0.1, 0.15) is 0 Å². The van der Waals surface area contributed by atoms with Crippen LogP contribution in [0.25, 0.3) is 11.3 Å². The molecule has 138 valence electrons. The molecule has 5 nitrogen and oxygen atoms in total. The van der Waals surface area contributed by atoms with Gasteiger partial charge in [0.25, 0.3) is 5.91 Å². The van der Waals surface area contributed by atoms with Gasteiger partial charge in [-0.25, -0.2) is 0 Å². The van der Waals surface area contributed by atoms with Gasteiger partial charge in [-0.3, -0.25) is 9.69 Å². The van der Waals surface area contributed by atoms with Crippen LogP contribution in [0.15, 0.2) is 71.3 Å². The summed E-state index contributed by atoms with van der Waals surface area (Å²) in [6, 6.07) is 22.0. The maximum Gasteiger partial charge on any atom is 0.276 e. The Kier molecular flexibility index (Phi) is 5.30. The normalized spacial score (nSPS) is 15.0. The highest BCUT2D eigenvalue weighted by molar-refractivity contribution is 5.93. The van der Waals surface area contributed by atoms with Crippen LogP contribution in [0.4, 0.5) is 0 Å². The molecule has 27 heavy (non-hydrogen) atoms. The number of benzene rings is 2. The Morgan fingerprint density at radius 3 is 2.30 bits per heavy atom. The van der Waals surface area contributed by atoms with Crippen molar-refractivity contribution in [1.82, 2.24) is 15.0 Å². The van der Waals surface area contributed by atoms with Gasteiger partial charge in [-0.15, -0.1) is 0 Å². The molecular formula is C22H23N3O2. The van der Waals surface area contributed by atoms with E-state index in [0.717, 1.165) is 44.7 Å². The van der Waals surface area contributed by atoms with Crippen molar-refractivity contribution in [3.63, 3.8) is 0 Å². The van der Waals surface area contributed by atoms with Gasteiger partial charge >= 0.3 is 0 Å². The second kappa shape index (κ2) is 8.18. The van der Waals surface area contributed by atoms with Crippen LogP contribution in [0.2, 0.25) is 0 Å². The lowest BCUT2D eigenvalue weighted by molar-refractivity contribution is 0.0628. The van der Waals surface area contributed by atoms with Crippen LogP contribution in [0.1, 0.15) is 16.1 Å². The second-order valence-electron chi connectivity index (χ2n) is 6.81. The Morgan fingerprint density at radius 2 is 1.59 bits per heavy atom. The molecule has 0 spiro atoms. The molecule has 0 N–H and O–H groups in total. The molecule has 0 radical (unpaired) electrons. The quantitative estimate of drug-likeness (QED) is 0.699. The van der Waals surface area contributed by atoms with Crippen LogP contribution < -0.4 is 0 Å². The maximum absolute atomic E-state index is 12.7. The number of hydrogen-bond acceptors (Lipinski definition) is 4. The van der Waals surface area contributed by atoms with Gasteiger partial charge in [0.15, 0.2) is 11.5 Å². The summed E-state index contributed by atoms with van der Waals surface area (Å²) in [5.41, 5.74) is 2.66. The minimum atomic E-state index is -0.0522. The lowest BCUT2D eigenvalue weighted by Gasteiger charge is -2.34. The van der Waals surface area contributed by atoms with E-state index in [0.29, 0.717) is 11.5 Å². The molecule has 0 bridgehead atoms. The minimum absolute atomic E-state index is 0.0522. The molecule has 0 atom stereocenters. The molecule has 3 aromatic rings. The molecule has 0 saturated carbocycles. The van der Waals surface area contributed by atoms with Crippen LogP contribution in [0.5, 0.6) is 0 Å². The standard InChI is InChI=1S/C22H23N3O2/c26-22(20-17-21(27-23-20)19-9-5-2-6-10-19)25-15-13-24(14-16-25)12-11-18-7-3-1-4-8-18/h1-10,17H,11-16H2. The van der Waals surface area contributed by atoms with Crippen molar-refractivity contribution in [3.8, 4) is 11.3 Å². The number of nitrogens with zero attached hydrogens (tertiary/aromatic N) is 3.